The Balaban J connectivity index is 1.97. The summed E-state index contributed by atoms with van der Waals surface area (Å²) in [6.45, 7) is 0. The van der Waals surface area contributed by atoms with E-state index in [0.29, 0.717) is 18.5 Å². The predicted molar refractivity (Wildman–Crippen MR) is 81.5 cm³/mol. The Morgan fingerprint density at radius 1 is 1.19 bits per heavy atom. The summed E-state index contributed by atoms with van der Waals surface area (Å²) in [6, 6.07) is 13.8. The van der Waals surface area contributed by atoms with E-state index in [2.05, 4.69) is 5.32 Å². The van der Waals surface area contributed by atoms with Crippen LogP contribution in [-0.2, 0) is 11.2 Å². The molecule has 0 aliphatic rings. The summed E-state index contributed by atoms with van der Waals surface area (Å²) in [4.78, 5) is 22.0. The molecule has 1 N–H and O–H groups in total. The molecule has 5 nitrogen and oxygen atoms in total. The number of halogens is 1. The van der Waals surface area contributed by atoms with Gasteiger partial charge in [0, 0.05) is 18.2 Å². The van der Waals surface area contributed by atoms with Gasteiger partial charge in [-0.2, -0.15) is 0 Å². The molecule has 0 spiro atoms. The molecule has 0 radical (unpaired) electrons. The van der Waals surface area contributed by atoms with Crippen LogP contribution in [0.2, 0.25) is 5.02 Å². The van der Waals surface area contributed by atoms with Crippen molar-refractivity contribution in [3.8, 4) is 0 Å². The number of carbonyl (C=O) groups is 1. The number of hydrogen-bond acceptors (Lipinski definition) is 3. The molecule has 2 aromatic rings. The Morgan fingerprint density at radius 2 is 1.90 bits per heavy atom. The smallest absolute Gasteiger partial charge is 0.289 e. The highest BCUT2D eigenvalue weighted by atomic mass is 35.5. The second kappa shape index (κ2) is 6.85. The van der Waals surface area contributed by atoms with Gasteiger partial charge in [0.25, 0.3) is 5.69 Å². The largest absolute Gasteiger partial charge is 0.326 e. The summed E-state index contributed by atoms with van der Waals surface area (Å²) >= 11 is 5.71. The third kappa shape index (κ3) is 4.29. The molecule has 0 fully saturated rings. The number of rotatable bonds is 5. The molecule has 6 heteroatoms. The summed E-state index contributed by atoms with van der Waals surface area (Å²) in [7, 11) is 0. The van der Waals surface area contributed by atoms with Gasteiger partial charge in [-0.3, -0.25) is 14.9 Å². The van der Waals surface area contributed by atoms with Crippen molar-refractivity contribution in [2.24, 2.45) is 0 Å². The van der Waals surface area contributed by atoms with Crippen LogP contribution < -0.4 is 5.32 Å². The average molecular weight is 305 g/mol. The van der Waals surface area contributed by atoms with E-state index >= 15 is 0 Å². The van der Waals surface area contributed by atoms with Crippen molar-refractivity contribution in [2.75, 3.05) is 5.32 Å². The molecule has 21 heavy (non-hydrogen) atoms. The Labute approximate surface area is 126 Å². The fourth-order valence-electron chi connectivity index (χ4n) is 1.86. The fourth-order valence-corrected chi connectivity index (χ4v) is 2.04. The number of nitrogens with zero attached hydrogens (tertiary/aromatic N) is 1. The lowest BCUT2D eigenvalue weighted by atomic mass is 10.1. The van der Waals surface area contributed by atoms with E-state index in [0.717, 1.165) is 5.56 Å². The summed E-state index contributed by atoms with van der Waals surface area (Å²) in [5.74, 6) is -0.199. The number of benzene rings is 2. The zero-order chi connectivity index (χ0) is 15.2. The first kappa shape index (κ1) is 15.0. The molecule has 0 atom stereocenters. The van der Waals surface area contributed by atoms with E-state index in [9.17, 15) is 14.9 Å². The topological polar surface area (TPSA) is 72.2 Å². The van der Waals surface area contributed by atoms with Gasteiger partial charge >= 0.3 is 0 Å². The first-order chi connectivity index (χ1) is 10.1. The summed E-state index contributed by atoms with van der Waals surface area (Å²) < 4.78 is 0. The number of amides is 1. The van der Waals surface area contributed by atoms with Crippen molar-refractivity contribution in [1.82, 2.24) is 0 Å². The molecule has 0 aliphatic carbocycles. The van der Waals surface area contributed by atoms with E-state index < -0.39 is 4.92 Å². The minimum Gasteiger partial charge on any atom is -0.326 e. The third-order valence-corrected chi connectivity index (χ3v) is 3.23. The van der Waals surface area contributed by atoms with Crippen molar-refractivity contribution in [2.45, 2.75) is 12.8 Å². The van der Waals surface area contributed by atoms with Gasteiger partial charge in [-0.05, 0) is 24.1 Å². The molecule has 2 aromatic carbocycles. The van der Waals surface area contributed by atoms with Crippen molar-refractivity contribution < 1.29 is 9.72 Å². The predicted octanol–water partition coefficient (Wildman–Crippen LogP) is 3.82. The standard InChI is InChI=1S/C15H13ClN2O3/c16-13-8-7-12(10-14(13)18(20)21)17-15(19)9-6-11-4-2-1-3-5-11/h1-5,7-8,10H,6,9H2,(H,17,19). The second-order valence-corrected chi connectivity index (χ2v) is 4.86. The van der Waals surface area contributed by atoms with Crippen LogP contribution in [0.25, 0.3) is 0 Å². The Hall–Kier alpha value is -2.40. The van der Waals surface area contributed by atoms with Gasteiger partial charge in [0.15, 0.2) is 0 Å². The van der Waals surface area contributed by atoms with Gasteiger partial charge in [-0.1, -0.05) is 41.9 Å². The van der Waals surface area contributed by atoms with Crippen LogP contribution in [0.4, 0.5) is 11.4 Å². The fraction of sp³-hybridized carbons (Fsp3) is 0.133. The highest BCUT2D eigenvalue weighted by Gasteiger charge is 2.13. The van der Waals surface area contributed by atoms with E-state index in [4.69, 9.17) is 11.6 Å². The van der Waals surface area contributed by atoms with E-state index in [1.54, 1.807) is 0 Å². The van der Waals surface area contributed by atoms with Crippen LogP contribution >= 0.6 is 11.6 Å². The Bertz CT molecular complexity index is 659. The molecule has 0 heterocycles. The van der Waals surface area contributed by atoms with Crippen molar-refractivity contribution >= 4 is 28.9 Å². The summed E-state index contributed by atoms with van der Waals surface area (Å²) in [5.41, 5.74) is 1.21. The number of hydrogen-bond donors (Lipinski definition) is 1. The monoisotopic (exact) mass is 304 g/mol. The molecule has 0 aliphatic heterocycles. The Kier molecular flexibility index (Phi) is 4.90. The van der Waals surface area contributed by atoms with Gasteiger partial charge in [0.2, 0.25) is 5.91 Å². The number of anilines is 1. The van der Waals surface area contributed by atoms with E-state index in [-0.39, 0.29) is 16.6 Å². The molecule has 0 aromatic heterocycles. The van der Waals surface area contributed by atoms with Crippen LogP contribution in [0, 0.1) is 10.1 Å². The van der Waals surface area contributed by atoms with Crippen molar-refractivity contribution in [3.05, 3.63) is 69.2 Å². The number of aryl methyl sites for hydroxylation is 1. The SMILES string of the molecule is O=C(CCc1ccccc1)Nc1ccc(Cl)c([N+](=O)[O-])c1. The quantitative estimate of drug-likeness (QED) is 0.674. The maximum atomic E-state index is 11.8. The highest BCUT2D eigenvalue weighted by molar-refractivity contribution is 6.32. The maximum Gasteiger partial charge on any atom is 0.289 e. The summed E-state index contributed by atoms with van der Waals surface area (Å²) in [5, 5.41) is 13.5. The van der Waals surface area contributed by atoms with Crippen LogP contribution in [0.5, 0.6) is 0 Å². The molecule has 0 saturated carbocycles. The van der Waals surface area contributed by atoms with Gasteiger partial charge in [0.1, 0.15) is 5.02 Å². The number of nitro benzene ring substituents is 1. The average Bonchev–Trinajstić information content (AvgIpc) is 2.48. The lowest BCUT2D eigenvalue weighted by molar-refractivity contribution is -0.384. The maximum absolute atomic E-state index is 11.8. The molecule has 0 unspecified atom stereocenters. The minimum absolute atomic E-state index is 0.0438. The zero-order valence-electron chi connectivity index (χ0n) is 11.1. The van der Waals surface area contributed by atoms with Crippen LogP contribution in [0.1, 0.15) is 12.0 Å². The number of carbonyl (C=O) groups excluding carboxylic acids is 1. The molecule has 2 rings (SSSR count). The normalized spacial score (nSPS) is 10.1. The lowest BCUT2D eigenvalue weighted by Gasteiger charge is -2.06. The Morgan fingerprint density at radius 3 is 2.57 bits per heavy atom. The molecular formula is C15H13ClN2O3. The van der Waals surface area contributed by atoms with Crippen LogP contribution in [0.3, 0.4) is 0 Å². The number of nitrogens with one attached hydrogen (secondary N) is 1. The van der Waals surface area contributed by atoms with Gasteiger partial charge in [-0.15, -0.1) is 0 Å². The van der Waals surface area contributed by atoms with Gasteiger partial charge < -0.3 is 5.32 Å². The second-order valence-electron chi connectivity index (χ2n) is 4.46. The molecule has 108 valence electrons. The van der Waals surface area contributed by atoms with E-state index in [1.165, 1.54) is 18.2 Å². The van der Waals surface area contributed by atoms with Gasteiger partial charge in [0.05, 0.1) is 4.92 Å². The summed E-state index contributed by atoms with van der Waals surface area (Å²) in [6.07, 6.45) is 0.919. The van der Waals surface area contributed by atoms with Crippen molar-refractivity contribution in [1.29, 1.82) is 0 Å². The zero-order valence-corrected chi connectivity index (χ0v) is 11.8. The van der Waals surface area contributed by atoms with Crippen molar-refractivity contribution in [3.63, 3.8) is 0 Å². The first-order valence-corrected chi connectivity index (χ1v) is 6.72. The van der Waals surface area contributed by atoms with Gasteiger partial charge in [-0.25, -0.2) is 0 Å². The molecule has 0 saturated heterocycles. The molecular weight excluding hydrogens is 292 g/mol. The highest BCUT2D eigenvalue weighted by Crippen LogP contribution is 2.27. The van der Waals surface area contributed by atoms with Crippen LogP contribution in [0.15, 0.2) is 48.5 Å². The lowest BCUT2D eigenvalue weighted by Crippen LogP contribution is -2.12. The first-order valence-electron chi connectivity index (χ1n) is 6.34. The third-order valence-electron chi connectivity index (χ3n) is 2.91. The van der Waals surface area contributed by atoms with Crippen LogP contribution in [-0.4, -0.2) is 10.8 Å². The van der Waals surface area contributed by atoms with E-state index in [1.807, 2.05) is 30.3 Å². The molecule has 0 bridgehead atoms. The number of nitro groups is 1. The molecule has 1 amide bonds. The minimum atomic E-state index is -0.581.